The monoisotopic (exact) mass is 209 g/mol. The molecule has 0 amide bonds. The Balaban J connectivity index is 3.35. The average molecular weight is 209 g/mol. The fourth-order valence-electron chi connectivity index (χ4n) is 1.36. The van der Waals surface area contributed by atoms with Gasteiger partial charge >= 0.3 is 0 Å². The van der Waals surface area contributed by atoms with E-state index < -0.39 is 5.54 Å². The molecule has 0 fully saturated rings. The van der Waals surface area contributed by atoms with Gasteiger partial charge in [0.2, 0.25) is 0 Å². The molecular formula is C11H19N3O. The van der Waals surface area contributed by atoms with Crippen molar-refractivity contribution in [2.45, 2.75) is 46.1 Å². The quantitative estimate of drug-likeness (QED) is 0.786. The molecule has 1 atom stereocenters. The molecule has 1 unspecified atom stereocenters. The van der Waals surface area contributed by atoms with Gasteiger partial charge in [-0.3, -0.25) is 4.79 Å². The van der Waals surface area contributed by atoms with Crippen LogP contribution in [0.4, 0.5) is 0 Å². The first-order chi connectivity index (χ1) is 6.92. The Kier molecular flexibility index (Phi) is 3.29. The van der Waals surface area contributed by atoms with Crippen molar-refractivity contribution in [1.29, 1.82) is 0 Å². The Morgan fingerprint density at radius 3 is 2.53 bits per heavy atom. The minimum absolute atomic E-state index is 0.0815. The Morgan fingerprint density at radius 2 is 2.07 bits per heavy atom. The van der Waals surface area contributed by atoms with E-state index in [0.717, 1.165) is 18.5 Å². The molecule has 0 saturated carbocycles. The maximum Gasteiger partial charge on any atom is 0.254 e. The summed E-state index contributed by atoms with van der Waals surface area (Å²) < 4.78 is 0. The van der Waals surface area contributed by atoms with Crippen LogP contribution >= 0.6 is 0 Å². The molecule has 0 aliphatic heterocycles. The average Bonchev–Trinajstić information content (AvgIpc) is 2.21. The number of aromatic amines is 1. The minimum atomic E-state index is -0.559. The molecule has 15 heavy (non-hydrogen) atoms. The third-order valence-corrected chi connectivity index (χ3v) is 2.86. The van der Waals surface area contributed by atoms with Gasteiger partial charge in [0.15, 0.2) is 0 Å². The molecule has 1 heterocycles. The first kappa shape index (κ1) is 11.9. The lowest BCUT2D eigenvalue weighted by atomic mass is 9.99. The van der Waals surface area contributed by atoms with Crippen molar-refractivity contribution < 1.29 is 0 Å². The van der Waals surface area contributed by atoms with E-state index in [-0.39, 0.29) is 5.56 Å². The van der Waals surface area contributed by atoms with Crippen LogP contribution in [-0.2, 0) is 12.0 Å². The topological polar surface area (TPSA) is 71.8 Å². The van der Waals surface area contributed by atoms with Crippen LogP contribution in [0.5, 0.6) is 0 Å². The van der Waals surface area contributed by atoms with Crippen molar-refractivity contribution in [1.82, 2.24) is 9.97 Å². The Bertz CT molecular complexity index is 407. The van der Waals surface area contributed by atoms with Crippen molar-refractivity contribution in [3.63, 3.8) is 0 Å². The largest absolute Gasteiger partial charge is 0.319 e. The molecule has 4 heteroatoms. The van der Waals surface area contributed by atoms with Crippen LogP contribution < -0.4 is 11.3 Å². The smallest absolute Gasteiger partial charge is 0.254 e. The van der Waals surface area contributed by atoms with Gasteiger partial charge in [-0.2, -0.15) is 0 Å². The van der Waals surface area contributed by atoms with Gasteiger partial charge in [0.05, 0.1) is 11.2 Å². The molecule has 1 aromatic heterocycles. The van der Waals surface area contributed by atoms with Crippen LogP contribution in [0.25, 0.3) is 0 Å². The third kappa shape index (κ3) is 2.26. The van der Waals surface area contributed by atoms with Crippen molar-refractivity contribution in [2.75, 3.05) is 0 Å². The van der Waals surface area contributed by atoms with Crippen molar-refractivity contribution in [3.8, 4) is 0 Å². The molecule has 0 aliphatic carbocycles. The summed E-state index contributed by atoms with van der Waals surface area (Å²) >= 11 is 0. The van der Waals surface area contributed by atoms with E-state index in [1.165, 1.54) is 0 Å². The fourth-order valence-corrected chi connectivity index (χ4v) is 1.36. The normalized spacial score (nSPS) is 15.0. The Hall–Kier alpha value is -1.16. The second-order valence-corrected chi connectivity index (χ2v) is 4.11. The highest BCUT2D eigenvalue weighted by atomic mass is 16.1. The standard InChI is InChI=1S/C11H19N3O/c1-5-8-7(3)9(15)14-10(13-8)11(4,12)6-2/h5-6,12H2,1-4H3,(H,13,14,15). The van der Waals surface area contributed by atoms with Gasteiger partial charge in [-0.05, 0) is 26.7 Å². The summed E-state index contributed by atoms with van der Waals surface area (Å²) in [6, 6.07) is 0. The highest BCUT2D eigenvalue weighted by Crippen LogP contribution is 2.16. The molecule has 1 aromatic rings. The van der Waals surface area contributed by atoms with E-state index in [1.807, 2.05) is 20.8 Å². The SMILES string of the molecule is CCc1nc(C(C)(N)CC)[nH]c(=O)c1C. The summed E-state index contributed by atoms with van der Waals surface area (Å²) in [5, 5.41) is 0. The lowest BCUT2D eigenvalue weighted by Gasteiger charge is -2.22. The van der Waals surface area contributed by atoms with E-state index >= 15 is 0 Å². The van der Waals surface area contributed by atoms with Gasteiger partial charge in [-0.25, -0.2) is 4.98 Å². The molecule has 4 nitrogen and oxygen atoms in total. The maximum atomic E-state index is 11.6. The van der Waals surface area contributed by atoms with Gasteiger partial charge in [0, 0.05) is 5.56 Å². The van der Waals surface area contributed by atoms with Crippen LogP contribution in [0.15, 0.2) is 4.79 Å². The number of hydrogen-bond donors (Lipinski definition) is 2. The minimum Gasteiger partial charge on any atom is -0.319 e. The van der Waals surface area contributed by atoms with E-state index in [0.29, 0.717) is 11.4 Å². The number of aromatic nitrogens is 2. The Labute approximate surface area is 89.9 Å². The lowest BCUT2D eigenvalue weighted by Crippen LogP contribution is -2.37. The maximum absolute atomic E-state index is 11.6. The predicted molar refractivity (Wildman–Crippen MR) is 60.8 cm³/mol. The van der Waals surface area contributed by atoms with E-state index in [1.54, 1.807) is 6.92 Å². The highest BCUT2D eigenvalue weighted by molar-refractivity contribution is 5.18. The van der Waals surface area contributed by atoms with Gasteiger partial charge in [0.1, 0.15) is 5.82 Å². The number of hydrogen-bond acceptors (Lipinski definition) is 3. The zero-order chi connectivity index (χ0) is 11.6. The molecule has 0 bridgehead atoms. The van der Waals surface area contributed by atoms with Crippen LogP contribution in [0.1, 0.15) is 44.3 Å². The first-order valence-corrected chi connectivity index (χ1v) is 5.31. The van der Waals surface area contributed by atoms with Crippen molar-refractivity contribution >= 4 is 0 Å². The number of H-pyrrole nitrogens is 1. The van der Waals surface area contributed by atoms with Gasteiger partial charge in [-0.15, -0.1) is 0 Å². The number of aryl methyl sites for hydroxylation is 1. The van der Waals surface area contributed by atoms with Gasteiger partial charge < -0.3 is 10.7 Å². The summed E-state index contributed by atoms with van der Waals surface area (Å²) in [4.78, 5) is 18.8. The van der Waals surface area contributed by atoms with Crippen LogP contribution in [0.3, 0.4) is 0 Å². The number of nitrogens with one attached hydrogen (secondary N) is 1. The van der Waals surface area contributed by atoms with E-state index in [9.17, 15) is 4.79 Å². The van der Waals surface area contributed by atoms with Crippen LogP contribution in [0, 0.1) is 6.92 Å². The molecule has 0 saturated heterocycles. The highest BCUT2D eigenvalue weighted by Gasteiger charge is 2.22. The second kappa shape index (κ2) is 4.14. The van der Waals surface area contributed by atoms with E-state index in [2.05, 4.69) is 9.97 Å². The summed E-state index contributed by atoms with van der Waals surface area (Å²) in [7, 11) is 0. The predicted octanol–water partition coefficient (Wildman–Crippen LogP) is 1.22. The first-order valence-electron chi connectivity index (χ1n) is 5.31. The molecular weight excluding hydrogens is 190 g/mol. The second-order valence-electron chi connectivity index (χ2n) is 4.11. The fraction of sp³-hybridized carbons (Fsp3) is 0.636. The molecule has 0 aromatic carbocycles. The zero-order valence-corrected chi connectivity index (χ0v) is 9.85. The zero-order valence-electron chi connectivity index (χ0n) is 9.85. The summed E-state index contributed by atoms with van der Waals surface area (Å²) in [5.74, 6) is 0.581. The van der Waals surface area contributed by atoms with Crippen molar-refractivity contribution in [3.05, 3.63) is 27.4 Å². The molecule has 3 N–H and O–H groups in total. The number of nitrogens with zero attached hydrogens (tertiary/aromatic N) is 1. The lowest BCUT2D eigenvalue weighted by molar-refractivity contribution is 0.441. The third-order valence-electron chi connectivity index (χ3n) is 2.86. The molecule has 0 aliphatic rings. The number of rotatable bonds is 3. The molecule has 0 spiro atoms. The van der Waals surface area contributed by atoms with Crippen molar-refractivity contribution in [2.24, 2.45) is 5.73 Å². The van der Waals surface area contributed by atoms with Gasteiger partial charge in [-0.1, -0.05) is 13.8 Å². The van der Waals surface area contributed by atoms with Gasteiger partial charge in [0.25, 0.3) is 5.56 Å². The summed E-state index contributed by atoms with van der Waals surface area (Å²) in [6.07, 6.45) is 1.49. The molecule has 1 rings (SSSR count). The summed E-state index contributed by atoms with van der Waals surface area (Å²) in [6.45, 7) is 7.62. The molecule has 0 radical (unpaired) electrons. The number of nitrogens with two attached hydrogens (primary N) is 1. The summed E-state index contributed by atoms with van der Waals surface area (Å²) in [5.41, 5.74) is 6.93. The Morgan fingerprint density at radius 1 is 1.47 bits per heavy atom. The van der Waals surface area contributed by atoms with Crippen LogP contribution in [-0.4, -0.2) is 9.97 Å². The van der Waals surface area contributed by atoms with E-state index in [4.69, 9.17) is 5.73 Å². The molecule has 84 valence electrons. The van der Waals surface area contributed by atoms with Crippen LogP contribution in [0.2, 0.25) is 0 Å².